The fourth-order valence-corrected chi connectivity index (χ4v) is 2.49. The molecule has 2 nitrogen and oxygen atoms in total. The van der Waals surface area contributed by atoms with E-state index in [-0.39, 0.29) is 11.9 Å². The maximum atomic E-state index is 13.5. The first kappa shape index (κ1) is 12.8. The summed E-state index contributed by atoms with van der Waals surface area (Å²) < 4.78 is 20.1. The molecule has 0 saturated carbocycles. The minimum Gasteiger partial charge on any atom is -0.452 e. The van der Waals surface area contributed by atoms with E-state index in [1.807, 2.05) is 18.2 Å². The van der Waals surface area contributed by atoms with Gasteiger partial charge in [-0.05, 0) is 62.7 Å². The van der Waals surface area contributed by atoms with Crippen LogP contribution in [-0.2, 0) is 0 Å². The van der Waals surface area contributed by atoms with Crippen LogP contribution in [0.1, 0.15) is 17.4 Å². The van der Waals surface area contributed by atoms with Crippen LogP contribution in [0.25, 0.3) is 0 Å². The number of furan rings is 1. The monoisotopic (exact) mass is 361 g/mol. The molecular formula is C12H10Br2FNO. The Labute approximate surface area is 115 Å². The van der Waals surface area contributed by atoms with Crippen molar-refractivity contribution < 1.29 is 8.81 Å². The average molecular weight is 363 g/mol. The van der Waals surface area contributed by atoms with Gasteiger partial charge in [-0.1, -0.05) is 12.1 Å². The van der Waals surface area contributed by atoms with Crippen molar-refractivity contribution in [1.29, 1.82) is 0 Å². The second kappa shape index (κ2) is 5.33. The Hall–Kier alpha value is -0.650. The van der Waals surface area contributed by atoms with Crippen molar-refractivity contribution >= 4 is 31.9 Å². The summed E-state index contributed by atoms with van der Waals surface area (Å²) in [7, 11) is 1.80. The van der Waals surface area contributed by atoms with Gasteiger partial charge in [0.1, 0.15) is 11.6 Å². The molecule has 0 spiro atoms. The Bertz CT molecular complexity index is 527. The molecule has 2 aromatic rings. The highest BCUT2D eigenvalue weighted by Crippen LogP contribution is 2.31. The summed E-state index contributed by atoms with van der Waals surface area (Å²) in [6.45, 7) is 0. The predicted octanol–water partition coefficient (Wildman–Crippen LogP) is 4.25. The van der Waals surface area contributed by atoms with E-state index in [1.54, 1.807) is 13.1 Å². The van der Waals surface area contributed by atoms with Crippen molar-refractivity contribution in [2.75, 3.05) is 7.05 Å². The van der Waals surface area contributed by atoms with Crippen LogP contribution in [-0.4, -0.2) is 7.05 Å². The topological polar surface area (TPSA) is 25.2 Å². The van der Waals surface area contributed by atoms with Gasteiger partial charge in [-0.25, -0.2) is 4.39 Å². The number of hydrogen-bond donors (Lipinski definition) is 1. The van der Waals surface area contributed by atoms with E-state index < -0.39 is 0 Å². The molecule has 0 saturated heterocycles. The van der Waals surface area contributed by atoms with Crippen molar-refractivity contribution in [1.82, 2.24) is 5.32 Å². The number of benzene rings is 1. The van der Waals surface area contributed by atoms with Crippen LogP contribution in [0, 0.1) is 5.82 Å². The normalized spacial score (nSPS) is 12.7. The minimum absolute atomic E-state index is 0.189. The van der Waals surface area contributed by atoms with Crippen LogP contribution in [0.4, 0.5) is 4.39 Å². The Morgan fingerprint density at radius 1 is 1.24 bits per heavy atom. The highest BCUT2D eigenvalue weighted by atomic mass is 79.9. The van der Waals surface area contributed by atoms with E-state index in [0.29, 0.717) is 9.14 Å². The Kier molecular flexibility index (Phi) is 4.01. The highest BCUT2D eigenvalue weighted by Gasteiger charge is 2.19. The third-order valence-electron chi connectivity index (χ3n) is 2.46. The molecule has 0 aliphatic carbocycles. The highest BCUT2D eigenvalue weighted by molar-refractivity contribution is 9.10. The molecule has 1 atom stereocenters. The van der Waals surface area contributed by atoms with E-state index in [1.165, 1.54) is 6.07 Å². The lowest BCUT2D eigenvalue weighted by molar-refractivity contribution is 0.445. The molecule has 17 heavy (non-hydrogen) atoms. The summed E-state index contributed by atoms with van der Waals surface area (Å²) in [5, 5.41) is 3.10. The lowest BCUT2D eigenvalue weighted by Crippen LogP contribution is -2.17. The van der Waals surface area contributed by atoms with Gasteiger partial charge >= 0.3 is 0 Å². The summed E-state index contributed by atoms with van der Waals surface area (Å²) in [4.78, 5) is 0. The van der Waals surface area contributed by atoms with Gasteiger partial charge in [0.2, 0.25) is 0 Å². The lowest BCUT2D eigenvalue weighted by atomic mass is 10.0. The molecule has 1 aromatic heterocycles. The molecule has 0 aliphatic rings. The number of rotatable bonds is 3. The van der Waals surface area contributed by atoms with E-state index in [2.05, 4.69) is 37.2 Å². The van der Waals surface area contributed by atoms with Crippen LogP contribution < -0.4 is 5.32 Å². The van der Waals surface area contributed by atoms with Crippen LogP contribution in [0.2, 0.25) is 0 Å². The van der Waals surface area contributed by atoms with Crippen LogP contribution in [0.3, 0.4) is 0 Å². The molecule has 0 fully saturated rings. The zero-order valence-corrected chi connectivity index (χ0v) is 12.2. The maximum absolute atomic E-state index is 13.5. The van der Waals surface area contributed by atoms with Crippen molar-refractivity contribution in [2.45, 2.75) is 6.04 Å². The van der Waals surface area contributed by atoms with E-state index in [9.17, 15) is 4.39 Å². The SMILES string of the molecule is CNC(c1ccc(Br)o1)c1cccc(F)c1Br. The smallest absolute Gasteiger partial charge is 0.169 e. The maximum Gasteiger partial charge on any atom is 0.169 e. The van der Waals surface area contributed by atoms with E-state index in [0.717, 1.165) is 11.3 Å². The van der Waals surface area contributed by atoms with Gasteiger partial charge in [0.25, 0.3) is 0 Å². The quantitative estimate of drug-likeness (QED) is 0.882. The second-order valence-electron chi connectivity index (χ2n) is 3.51. The van der Waals surface area contributed by atoms with Gasteiger partial charge in [-0.15, -0.1) is 0 Å². The van der Waals surface area contributed by atoms with Gasteiger partial charge < -0.3 is 9.73 Å². The number of halogens is 3. The first-order valence-electron chi connectivity index (χ1n) is 5.00. The summed E-state index contributed by atoms with van der Waals surface area (Å²) in [5.74, 6) is 0.444. The molecule has 0 amide bonds. The third kappa shape index (κ3) is 2.61. The summed E-state index contributed by atoms with van der Waals surface area (Å²) in [5.41, 5.74) is 0.800. The van der Waals surface area contributed by atoms with Crippen LogP contribution in [0.15, 0.2) is 43.9 Å². The molecule has 90 valence electrons. The fourth-order valence-electron chi connectivity index (χ4n) is 1.68. The third-order valence-corrected chi connectivity index (χ3v) is 3.72. The van der Waals surface area contributed by atoms with Gasteiger partial charge in [-0.3, -0.25) is 0 Å². The average Bonchev–Trinajstić information content (AvgIpc) is 2.72. The molecule has 5 heteroatoms. The molecule has 1 aromatic carbocycles. The van der Waals surface area contributed by atoms with Gasteiger partial charge in [0.15, 0.2) is 4.67 Å². The lowest BCUT2D eigenvalue weighted by Gasteiger charge is -2.16. The Morgan fingerprint density at radius 3 is 2.59 bits per heavy atom. The Balaban J connectivity index is 2.45. The first-order chi connectivity index (χ1) is 8.13. The number of nitrogens with one attached hydrogen (secondary N) is 1. The van der Waals surface area contributed by atoms with Gasteiger partial charge in [-0.2, -0.15) is 0 Å². The first-order valence-corrected chi connectivity index (χ1v) is 6.58. The Morgan fingerprint density at radius 2 is 2.00 bits per heavy atom. The standard InChI is InChI=1S/C12H10Br2FNO/c1-16-12(9-5-6-10(13)17-9)7-3-2-4-8(15)11(7)14/h2-6,12,16H,1H3. The van der Waals surface area contributed by atoms with E-state index >= 15 is 0 Å². The molecule has 0 bridgehead atoms. The number of hydrogen-bond acceptors (Lipinski definition) is 2. The van der Waals surface area contributed by atoms with Gasteiger partial charge in [0, 0.05) is 0 Å². The zero-order chi connectivity index (χ0) is 12.4. The van der Waals surface area contributed by atoms with E-state index in [4.69, 9.17) is 4.42 Å². The summed E-state index contributed by atoms with van der Waals surface area (Å²) >= 11 is 6.51. The largest absolute Gasteiger partial charge is 0.452 e. The minimum atomic E-state index is -0.284. The molecule has 1 unspecified atom stereocenters. The zero-order valence-electron chi connectivity index (χ0n) is 9.01. The van der Waals surface area contributed by atoms with Crippen LogP contribution >= 0.6 is 31.9 Å². The van der Waals surface area contributed by atoms with Crippen molar-refractivity contribution in [2.24, 2.45) is 0 Å². The molecule has 0 radical (unpaired) electrons. The fraction of sp³-hybridized carbons (Fsp3) is 0.167. The van der Waals surface area contributed by atoms with Gasteiger partial charge in [0.05, 0.1) is 10.5 Å². The molecule has 0 aliphatic heterocycles. The molecule has 1 heterocycles. The predicted molar refractivity (Wildman–Crippen MR) is 71.4 cm³/mol. The molecular weight excluding hydrogens is 353 g/mol. The van der Waals surface area contributed by atoms with Crippen molar-refractivity contribution in [3.63, 3.8) is 0 Å². The summed E-state index contributed by atoms with van der Waals surface area (Å²) in [6.07, 6.45) is 0. The molecule has 1 N–H and O–H groups in total. The molecule has 2 rings (SSSR count). The van der Waals surface area contributed by atoms with Crippen molar-refractivity contribution in [3.8, 4) is 0 Å². The summed E-state index contributed by atoms with van der Waals surface area (Å²) in [6, 6.07) is 8.42. The van der Waals surface area contributed by atoms with Crippen LogP contribution in [0.5, 0.6) is 0 Å². The second-order valence-corrected chi connectivity index (χ2v) is 5.08. The van der Waals surface area contributed by atoms with Crippen molar-refractivity contribution in [3.05, 3.63) is 56.6 Å².